The Morgan fingerprint density at radius 1 is 1.17 bits per heavy atom. The summed E-state index contributed by atoms with van der Waals surface area (Å²) < 4.78 is 2.10. The molecule has 1 spiro atoms. The lowest BCUT2D eigenvalue weighted by molar-refractivity contribution is -0.0445. The second-order valence-electron chi connectivity index (χ2n) is 9.03. The molecule has 2 aliphatic rings. The first-order valence-corrected chi connectivity index (χ1v) is 11.5. The first kappa shape index (κ1) is 19.2. The molecular weight excluding hydrogens is 380 g/mol. The Kier molecular flexibility index (Phi) is 5.20. The lowest BCUT2D eigenvalue weighted by atomic mass is 9.71. The quantitative estimate of drug-likeness (QED) is 0.714. The third-order valence-electron chi connectivity index (χ3n) is 6.75. The van der Waals surface area contributed by atoms with E-state index >= 15 is 0 Å². The van der Waals surface area contributed by atoms with Gasteiger partial charge in [0.1, 0.15) is 5.65 Å². The van der Waals surface area contributed by atoms with Crippen LogP contribution in [0.3, 0.4) is 0 Å². The minimum atomic E-state index is -0.200. The van der Waals surface area contributed by atoms with E-state index in [0.29, 0.717) is 0 Å². The van der Waals surface area contributed by atoms with Crippen LogP contribution >= 0.6 is 11.3 Å². The molecule has 3 aromatic heterocycles. The first-order valence-electron chi connectivity index (χ1n) is 10.7. The lowest BCUT2D eigenvalue weighted by Crippen LogP contribution is -2.53. The summed E-state index contributed by atoms with van der Waals surface area (Å²) in [4.78, 5) is 11.2. The fraction of sp³-hybridized carbons (Fsp3) is 0.522. The summed E-state index contributed by atoms with van der Waals surface area (Å²) in [6.07, 6.45) is 7.29. The van der Waals surface area contributed by atoms with Gasteiger partial charge in [-0.2, -0.15) is 0 Å². The van der Waals surface area contributed by atoms with Gasteiger partial charge in [-0.3, -0.25) is 9.80 Å². The van der Waals surface area contributed by atoms with Crippen molar-refractivity contribution in [3.8, 4) is 0 Å². The number of likely N-dealkylation sites (tertiary alicyclic amines) is 2. The van der Waals surface area contributed by atoms with Gasteiger partial charge in [0, 0.05) is 43.4 Å². The Bertz CT molecular complexity index is 939. The van der Waals surface area contributed by atoms with Crippen LogP contribution in [0.25, 0.3) is 5.65 Å². The molecule has 0 bridgehead atoms. The van der Waals surface area contributed by atoms with E-state index in [9.17, 15) is 5.11 Å². The van der Waals surface area contributed by atoms with E-state index in [-0.39, 0.29) is 11.5 Å². The average molecular weight is 411 g/mol. The highest BCUT2D eigenvalue weighted by molar-refractivity contribution is 7.10. The van der Waals surface area contributed by atoms with E-state index in [1.807, 2.05) is 23.5 Å². The summed E-state index contributed by atoms with van der Waals surface area (Å²) in [6.45, 7) is 8.19. The zero-order valence-electron chi connectivity index (χ0n) is 17.1. The molecule has 1 unspecified atom stereocenters. The summed E-state index contributed by atoms with van der Waals surface area (Å²) >= 11 is 1.84. The summed E-state index contributed by atoms with van der Waals surface area (Å²) in [5, 5.41) is 12.8. The van der Waals surface area contributed by atoms with Gasteiger partial charge in [-0.05, 0) is 73.8 Å². The minimum absolute atomic E-state index is 0.200. The number of aliphatic hydroxyl groups excluding tert-OH is 1. The van der Waals surface area contributed by atoms with Gasteiger partial charge in [0.05, 0.1) is 11.8 Å². The highest BCUT2D eigenvalue weighted by Gasteiger charge is 2.41. The molecule has 2 saturated heterocycles. The molecule has 0 saturated carbocycles. The molecule has 2 aliphatic heterocycles. The third-order valence-corrected chi connectivity index (χ3v) is 7.76. The summed E-state index contributed by atoms with van der Waals surface area (Å²) in [7, 11) is 0. The number of β-amino-alcohol motifs (C(OH)–C–C–N with tert-alkyl or cyclic N) is 1. The molecule has 29 heavy (non-hydrogen) atoms. The molecule has 5 nitrogen and oxygen atoms in total. The predicted molar refractivity (Wildman–Crippen MR) is 117 cm³/mol. The van der Waals surface area contributed by atoms with Gasteiger partial charge >= 0.3 is 0 Å². The number of imidazole rings is 1. The molecule has 5 rings (SSSR count). The second kappa shape index (κ2) is 7.84. The van der Waals surface area contributed by atoms with Crippen molar-refractivity contribution in [1.82, 2.24) is 19.2 Å². The number of aromatic nitrogens is 2. The SMILES string of the molecule is Cc1ccsc1CN1CC(O)CC2(CCN(Cc3cn4ccccc4n3)CC2)C1. The van der Waals surface area contributed by atoms with Crippen molar-refractivity contribution < 1.29 is 5.11 Å². The molecule has 1 N–H and O–H groups in total. The van der Waals surface area contributed by atoms with E-state index in [1.54, 1.807) is 0 Å². The Hall–Kier alpha value is -1.73. The van der Waals surface area contributed by atoms with Gasteiger partial charge in [-0.15, -0.1) is 11.3 Å². The maximum Gasteiger partial charge on any atom is 0.137 e. The van der Waals surface area contributed by atoms with Crippen LogP contribution < -0.4 is 0 Å². The largest absolute Gasteiger partial charge is 0.392 e. The van der Waals surface area contributed by atoms with Gasteiger partial charge in [0.25, 0.3) is 0 Å². The minimum Gasteiger partial charge on any atom is -0.392 e. The Morgan fingerprint density at radius 3 is 2.79 bits per heavy atom. The normalized spacial score (nSPS) is 23.2. The van der Waals surface area contributed by atoms with Crippen molar-refractivity contribution in [2.24, 2.45) is 5.41 Å². The van der Waals surface area contributed by atoms with Crippen LogP contribution in [-0.4, -0.2) is 56.6 Å². The van der Waals surface area contributed by atoms with Crippen molar-refractivity contribution in [2.45, 2.75) is 45.4 Å². The number of aliphatic hydroxyl groups is 1. The maximum absolute atomic E-state index is 10.6. The smallest absolute Gasteiger partial charge is 0.137 e. The van der Waals surface area contributed by atoms with Gasteiger partial charge in [0.2, 0.25) is 0 Å². The molecule has 0 aliphatic carbocycles. The monoisotopic (exact) mass is 410 g/mol. The van der Waals surface area contributed by atoms with Crippen LogP contribution in [0.4, 0.5) is 0 Å². The Labute approximate surface area is 176 Å². The third kappa shape index (κ3) is 4.12. The van der Waals surface area contributed by atoms with E-state index in [1.165, 1.54) is 10.4 Å². The topological polar surface area (TPSA) is 44.0 Å². The number of aryl methyl sites for hydroxylation is 1. The number of hydrogen-bond donors (Lipinski definition) is 1. The fourth-order valence-corrected chi connectivity index (χ4v) is 6.14. The number of nitrogens with zero attached hydrogens (tertiary/aromatic N) is 4. The van der Waals surface area contributed by atoms with E-state index < -0.39 is 0 Å². The van der Waals surface area contributed by atoms with Crippen molar-refractivity contribution in [2.75, 3.05) is 26.2 Å². The summed E-state index contributed by atoms with van der Waals surface area (Å²) in [5.74, 6) is 0. The van der Waals surface area contributed by atoms with Crippen molar-refractivity contribution in [3.63, 3.8) is 0 Å². The van der Waals surface area contributed by atoms with Crippen molar-refractivity contribution in [3.05, 3.63) is 58.2 Å². The molecule has 3 aromatic rings. The highest BCUT2D eigenvalue weighted by Crippen LogP contribution is 2.41. The average Bonchev–Trinajstić information content (AvgIpc) is 3.29. The van der Waals surface area contributed by atoms with Crippen molar-refractivity contribution in [1.29, 1.82) is 0 Å². The van der Waals surface area contributed by atoms with Crippen LogP contribution in [0.15, 0.2) is 42.0 Å². The highest BCUT2D eigenvalue weighted by atomic mass is 32.1. The number of pyridine rings is 1. The molecule has 1 atom stereocenters. The lowest BCUT2D eigenvalue weighted by Gasteiger charge is -2.49. The van der Waals surface area contributed by atoms with E-state index in [4.69, 9.17) is 4.98 Å². The number of thiophene rings is 1. The fourth-order valence-electron chi connectivity index (χ4n) is 5.20. The number of fused-ring (bicyclic) bond motifs is 1. The molecule has 0 aromatic carbocycles. The van der Waals surface area contributed by atoms with Gasteiger partial charge in [-0.25, -0.2) is 4.98 Å². The van der Waals surface area contributed by atoms with Gasteiger partial charge < -0.3 is 9.51 Å². The molecular formula is C23H30N4OS. The van der Waals surface area contributed by atoms with Gasteiger partial charge in [0.15, 0.2) is 0 Å². The van der Waals surface area contributed by atoms with Gasteiger partial charge in [-0.1, -0.05) is 6.07 Å². The van der Waals surface area contributed by atoms with Crippen LogP contribution in [0, 0.1) is 12.3 Å². The Balaban J connectivity index is 1.21. The zero-order chi connectivity index (χ0) is 19.8. The number of piperidine rings is 2. The van der Waals surface area contributed by atoms with Crippen molar-refractivity contribution >= 4 is 17.0 Å². The molecule has 6 heteroatoms. The summed E-state index contributed by atoms with van der Waals surface area (Å²) in [5.41, 5.74) is 3.81. The van der Waals surface area contributed by atoms with Crippen LogP contribution in [0.5, 0.6) is 0 Å². The predicted octanol–water partition coefficient (Wildman–Crippen LogP) is 3.55. The second-order valence-corrected chi connectivity index (χ2v) is 10.0. The first-order chi connectivity index (χ1) is 14.1. The molecule has 2 fully saturated rings. The molecule has 0 radical (unpaired) electrons. The molecule has 5 heterocycles. The summed E-state index contributed by atoms with van der Waals surface area (Å²) in [6, 6.07) is 8.34. The number of hydrogen-bond acceptors (Lipinski definition) is 5. The molecule has 154 valence electrons. The van der Waals surface area contributed by atoms with E-state index in [2.05, 4.69) is 51.0 Å². The maximum atomic E-state index is 10.6. The van der Waals surface area contributed by atoms with Crippen LogP contribution in [0.2, 0.25) is 0 Å². The molecule has 0 amide bonds. The van der Waals surface area contributed by atoms with Crippen LogP contribution in [0.1, 0.15) is 35.4 Å². The number of rotatable bonds is 4. The Morgan fingerprint density at radius 2 is 2.03 bits per heavy atom. The standard InChI is InChI=1S/C23H30N4OS/c1-18-5-11-29-21(18)16-26-15-20(28)12-23(17-26)6-9-25(10-7-23)13-19-14-27-8-3-2-4-22(27)24-19/h2-5,8,11,14,20,28H,6-7,9-10,12-13,15-17H2,1H3. The van der Waals surface area contributed by atoms with E-state index in [0.717, 1.165) is 69.9 Å². The van der Waals surface area contributed by atoms with Crippen LogP contribution in [-0.2, 0) is 13.1 Å². The zero-order valence-corrected chi connectivity index (χ0v) is 17.9.